The van der Waals surface area contributed by atoms with Gasteiger partial charge in [0.1, 0.15) is 6.10 Å². The Morgan fingerprint density at radius 2 is 1.94 bits per heavy atom. The van der Waals surface area contributed by atoms with Crippen molar-refractivity contribution >= 4 is 5.97 Å². The maximum Gasteiger partial charge on any atom is 0.335 e. The molecule has 0 spiro atoms. The van der Waals surface area contributed by atoms with E-state index in [0.29, 0.717) is 18.5 Å². The van der Waals surface area contributed by atoms with Crippen molar-refractivity contribution < 1.29 is 20.1 Å². The molecular weight excluding hydrogens is 210 g/mol. The van der Waals surface area contributed by atoms with Crippen molar-refractivity contribution in [1.29, 1.82) is 0 Å². The van der Waals surface area contributed by atoms with Gasteiger partial charge < -0.3 is 21.1 Å². The van der Waals surface area contributed by atoms with E-state index in [4.69, 9.17) is 10.8 Å². The predicted octanol–water partition coefficient (Wildman–Crippen LogP) is -0.333. The van der Waals surface area contributed by atoms with Crippen LogP contribution in [-0.2, 0) is 11.2 Å². The van der Waals surface area contributed by atoms with Crippen LogP contribution >= 0.6 is 0 Å². The summed E-state index contributed by atoms with van der Waals surface area (Å²) in [7, 11) is 0. The zero-order chi connectivity index (χ0) is 12.1. The summed E-state index contributed by atoms with van der Waals surface area (Å²) < 4.78 is 0. The van der Waals surface area contributed by atoms with Crippen LogP contribution in [0.1, 0.15) is 17.2 Å². The van der Waals surface area contributed by atoms with E-state index in [9.17, 15) is 15.0 Å². The fourth-order valence-electron chi connectivity index (χ4n) is 1.51. The fourth-order valence-corrected chi connectivity index (χ4v) is 1.51. The molecule has 5 nitrogen and oxygen atoms in total. The third-order valence-corrected chi connectivity index (χ3v) is 2.34. The number of aliphatic hydroxyl groups is 2. The molecular formula is C11H15NO4. The first-order valence-corrected chi connectivity index (χ1v) is 4.94. The van der Waals surface area contributed by atoms with Crippen LogP contribution in [0.2, 0.25) is 0 Å². The van der Waals surface area contributed by atoms with Gasteiger partial charge >= 0.3 is 5.97 Å². The fraction of sp³-hybridized carbons (Fsp3) is 0.364. The molecule has 0 saturated heterocycles. The molecule has 0 amide bonds. The Morgan fingerprint density at radius 1 is 1.31 bits per heavy atom. The topological polar surface area (TPSA) is 104 Å². The van der Waals surface area contributed by atoms with Gasteiger partial charge in [0.05, 0.1) is 0 Å². The second-order valence-corrected chi connectivity index (χ2v) is 3.47. The average Bonchev–Trinajstić information content (AvgIpc) is 2.28. The van der Waals surface area contributed by atoms with Gasteiger partial charge in [-0.05, 0) is 24.1 Å². The smallest absolute Gasteiger partial charge is 0.335 e. The molecule has 1 aromatic carbocycles. The molecule has 0 aromatic heterocycles. The number of aliphatic hydroxyl groups excluding tert-OH is 2. The molecule has 5 heteroatoms. The number of carboxylic acids is 1. The number of hydrogen-bond acceptors (Lipinski definition) is 4. The lowest BCUT2D eigenvalue weighted by Crippen LogP contribution is -2.28. The second-order valence-electron chi connectivity index (χ2n) is 3.47. The summed E-state index contributed by atoms with van der Waals surface area (Å²) in [6.45, 7) is 0.396. The highest BCUT2D eigenvalue weighted by atomic mass is 16.4. The van der Waals surface area contributed by atoms with E-state index < -0.39 is 18.2 Å². The lowest BCUT2D eigenvalue weighted by molar-refractivity contribution is -0.153. The summed E-state index contributed by atoms with van der Waals surface area (Å²) in [5.74, 6) is -1.45. The van der Waals surface area contributed by atoms with E-state index in [2.05, 4.69) is 0 Å². The lowest BCUT2D eigenvalue weighted by Gasteiger charge is -2.17. The largest absolute Gasteiger partial charge is 0.479 e. The summed E-state index contributed by atoms with van der Waals surface area (Å²) >= 11 is 0. The maximum atomic E-state index is 10.5. The molecule has 0 aliphatic heterocycles. The van der Waals surface area contributed by atoms with Gasteiger partial charge in [0, 0.05) is 0 Å². The van der Waals surface area contributed by atoms with Crippen molar-refractivity contribution in [2.45, 2.75) is 18.6 Å². The first-order valence-electron chi connectivity index (χ1n) is 4.94. The van der Waals surface area contributed by atoms with Crippen molar-refractivity contribution in [3.63, 3.8) is 0 Å². The van der Waals surface area contributed by atoms with E-state index in [-0.39, 0.29) is 0 Å². The molecule has 0 heterocycles. The van der Waals surface area contributed by atoms with Crippen molar-refractivity contribution in [3.05, 3.63) is 35.4 Å². The van der Waals surface area contributed by atoms with Gasteiger partial charge in [-0.25, -0.2) is 4.79 Å². The minimum atomic E-state index is -1.82. The molecule has 0 bridgehead atoms. The summed E-state index contributed by atoms with van der Waals surface area (Å²) in [6, 6.07) is 6.78. The first kappa shape index (κ1) is 12.6. The molecule has 5 N–H and O–H groups in total. The number of nitrogens with two attached hydrogens (primary N) is 1. The standard InChI is InChI=1S/C11H15NO4/c12-6-5-7-3-1-2-4-8(7)9(13)10(14)11(15)16/h1-4,9-10,13-14H,5-6,12H2,(H,15,16). The SMILES string of the molecule is NCCc1ccccc1C(O)C(O)C(=O)O. The van der Waals surface area contributed by atoms with Crippen LogP contribution in [0.15, 0.2) is 24.3 Å². The molecule has 2 unspecified atom stereocenters. The number of carbonyl (C=O) groups is 1. The van der Waals surface area contributed by atoms with E-state index >= 15 is 0 Å². The Labute approximate surface area is 93.1 Å². The van der Waals surface area contributed by atoms with Crippen LogP contribution in [-0.4, -0.2) is 33.9 Å². The number of rotatable bonds is 5. The Kier molecular flexibility index (Phi) is 4.42. The lowest BCUT2D eigenvalue weighted by atomic mass is 9.97. The molecule has 0 saturated carbocycles. The van der Waals surface area contributed by atoms with Gasteiger partial charge in [-0.2, -0.15) is 0 Å². The predicted molar refractivity (Wildman–Crippen MR) is 57.8 cm³/mol. The second kappa shape index (κ2) is 5.60. The highest BCUT2D eigenvalue weighted by Crippen LogP contribution is 2.21. The number of carboxylic acid groups (broad SMARTS) is 1. The normalized spacial score (nSPS) is 14.4. The van der Waals surface area contributed by atoms with Gasteiger partial charge in [0.15, 0.2) is 6.10 Å². The van der Waals surface area contributed by atoms with Gasteiger partial charge in [-0.3, -0.25) is 0 Å². The third kappa shape index (κ3) is 2.79. The van der Waals surface area contributed by atoms with Crippen LogP contribution in [0.3, 0.4) is 0 Å². The summed E-state index contributed by atoms with van der Waals surface area (Å²) in [5, 5.41) is 27.6. The monoisotopic (exact) mass is 225 g/mol. The van der Waals surface area contributed by atoms with Crippen LogP contribution in [0, 0.1) is 0 Å². The molecule has 0 fully saturated rings. The van der Waals surface area contributed by atoms with Crippen LogP contribution in [0.4, 0.5) is 0 Å². The molecule has 1 aromatic rings. The van der Waals surface area contributed by atoms with Crippen molar-refractivity contribution in [1.82, 2.24) is 0 Å². The summed E-state index contributed by atoms with van der Waals surface area (Å²) in [4.78, 5) is 10.5. The van der Waals surface area contributed by atoms with Gasteiger partial charge in [0.2, 0.25) is 0 Å². The van der Waals surface area contributed by atoms with Gasteiger partial charge in [0.25, 0.3) is 0 Å². The van der Waals surface area contributed by atoms with Crippen molar-refractivity contribution in [2.75, 3.05) is 6.54 Å². The van der Waals surface area contributed by atoms with E-state index in [1.807, 2.05) is 0 Å². The minimum Gasteiger partial charge on any atom is -0.479 e. The molecule has 2 atom stereocenters. The van der Waals surface area contributed by atoms with E-state index in [1.54, 1.807) is 24.3 Å². The highest BCUT2D eigenvalue weighted by molar-refractivity contribution is 5.73. The summed E-state index contributed by atoms with van der Waals surface area (Å²) in [5.41, 5.74) is 6.56. The maximum absolute atomic E-state index is 10.5. The Hall–Kier alpha value is -1.43. The zero-order valence-electron chi connectivity index (χ0n) is 8.71. The van der Waals surface area contributed by atoms with Crippen molar-refractivity contribution in [3.8, 4) is 0 Å². The summed E-state index contributed by atoms with van der Waals surface area (Å²) in [6.07, 6.45) is -2.72. The van der Waals surface area contributed by atoms with Crippen molar-refractivity contribution in [2.24, 2.45) is 5.73 Å². The van der Waals surface area contributed by atoms with Crippen LogP contribution in [0.25, 0.3) is 0 Å². The molecule has 0 aliphatic rings. The van der Waals surface area contributed by atoms with Gasteiger partial charge in [-0.15, -0.1) is 0 Å². The number of benzene rings is 1. The Balaban J connectivity index is 2.97. The molecule has 16 heavy (non-hydrogen) atoms. The van der Waals surface area contributed by atoms with Gasteiger partial charge in [-0.1, -0.05) is 24.3 Å². The first-order chi connectivity index (χ1) is 7.57. The molecule has 0 radical (unpaired) electrons. The molecule has 0 aliphatic carbocycles. The third-order valence-electron chi connectivity index (χ3n) is 2.34. The van der Waals surface area contributed by atoms with Crippen LogP contribution in [0.5, 0.6) is 0 Å². The average molecular weight is 225 g/mol. The quantitative estimate of drug-likeness (QED) is 0.549. The number of aliphatic carboxylic acids is 1. The van der Waals surface area contributed by atoms with Crippen LogP contribution < -0.4 is 5.73 Å². The highest BCUT2D eigenvalue weighted by Gasteiger charge is 2.26. The zero-order valence-corrected chi connectivity index (χ0v) is 8.71. The molecule has 88 valence electrons. The Morgan fingerprint density at radius 3 is 2.50 bits per heavy atom. The molecule has 1 rings (SSSR count). The Bertz CT molecular complexity index is 367. The number of hydrogen-bond donors (Lipinski definition) is 4. The minimum absolute atomic E-state index is 0.396. The van der Waals surface area contributed by atoms with E-state index in [0.717, 1.165) is 5.56 Å². The van der Waals surface area contributed by atoms with E-state index in [1.165, 1.54) is 0 Å².